The fourth-order valence-corrected chi connectivity index (χ4v) is 3.97. The van der Waals surface area contributed by atoms with Gasteiger partial charge in [0.25, 0.3) is 0 Å². The number of benzene rings is 2. The SMILES string of the molecule is Cc1cccc(C)c1OCCOc1ccccc1CC(C(=O)O)c1cccs1. The van der Waals surface area contributed by atoms with Gasteiger partial charge in [0.2, 0.25) is 0 Å². The number of aliphatic carboxylic acids is 1. The molecule has 0 spiro atoms. The van der Waals surface area contributed by atoms with Crippen LogP contribution in [-0.4, -0.2) is 24.3 Å². The minimum absolute atomic E-state index is 0.390. The van der Waals surface area contributed by atoms with Crippen LogP contribution < -0.4 is 9.47 Å². The van der Waals surface area contributed by atoms with Crippen molar-refractivity contribution < 1.29 is 19.4 Å². The molecule has 4 nitrogen and oxygen atoms in total. The summed E-state index contributed by atoms with van der Waals surface area (Å²) in [6.07, 6.45) is 0.393. The molecule has 146 valence electrons. The minimum Gasteiger partial charge on any atom is -0.490 e. The Morgan fingerprint density at radius 1 is 0.964 bits per heavy atom. The van der Waals surface area contributed by atoms with Crippen molar-refractivity contribution in [2.75, 3.05) is 13.2 Å². The number of ether oxygens (including phenoxy) is 2. The summed E-state index contributed by atoms with van der Waals surface area (Å²) in [5, 5.41) is 11.5. The number of carboxylic acid groups (broad SMARTS) is 1. The number of carbonyl (C=O) groups is 1. The van der Waals surface area contributed by atoms with E-state index in [1.807, 2.05) is 73.8 Å². The zero-order chi connectivity index (χ0) is 19.9. The largest absolute Gasteiger partial charge is 0.490 e. The number of hydrogen-bond acceptors (Lipinski definition) is 4. The fraction of sp³-hybridized carbons (Fsp3) is 0.261. The van der Waals surface area contributed by atoms with Gasteiger partial charge in [-0.05, 0) is 54.5 Å². The molecule has 0 aliphatic rings. The molecule has 3 aromatic rings. The average Bonchev–Trinajstić information content (AvgIpc) is 3.20. The first kappa shape index (κ1) is 20.0. The van der Waals surface area contributed by atoms with Gasteiger partial charge in [0.15, 0.2) is 0 Å². The second kappa shape index (κ2) is 9.42. The monoisotopic (exact) mass is 396 g/mol. The van der Waals surface area contributed by atoms with Gasteiger partial charge in [-0.3, -0.25) is 4.79 Å². The molecule has 2 aromatic carbocycles. The summed E-state index contributed by atoms with van der Waals surface area (Å²) in [5.74, 6) is 0.199. The number of para-hydroxylation sites is 2. The van der Waals surface area contributed by atoms with Crippen molar-refractivity contribution in [1.82, 2.24) is 0 Å². The third kappa shape index (κ3) is 4.93. The second-order valence-corrected chi connectivity index (χ2v) is 7.62. The van der Waals surface area contributed by atoms with Crippen LogP contribution in [0.2, 0.25) is 0 Å². The number of thiophene rings is 1. The van der Waals surface area contributed by atoms with Crippen LogP contribution in [0.15, 0.2) is 60.0 Å². The maximum Gasteiger partial charge on any atom is 0.312 e. The maximum absolute atomic E-state index is 11.7. The van der Waals surface area contributed by atoms with Gasteiger partial charge in [-0.1, -0.05) is 42.5 Å². The fourth-order valence-electron chi connectivity index (χ4n) is 3.15. The van der Waals surface area contributed by atoms with Gasteiger partial charge in [-0.25, -0.2) is 0 Å². The van der Waals surface area contributed by atoms with E-state index in [4.69, 9.17) is 9.47 Å². The highest BCUT2D eigenvalue weighted by molar-refractivity contribution is 7.10. The Kier molecular flexibility index (Phi) is 6.71. The first-order valence-corrected chi connectivity index (χ1v) is 10.1. The van der Waals surface area contributed by atoms with Gasteiger partial charge in [-0.2, -0.15) is 0 Å². The van der Waals surface area contributed by atoms with Gasteiger partial charge in [0.05, 0.1) is 5.92 Å². The first-order valence-electron chi connectivity index (χ1n) is 9.22. The highest BCUT2D eigenvalue weighted by Gasteiger charge is 2.22. The topological polar surface area (TPSA) is 55.8 Å². The molecular formula is C23H24O4S. The lowest BCUT2D eigenvalue weighted by Gasteiger charge is -2.16. The molecule has 1 atom stereocenters. The molecule has 0 radical (unpaired) electrons. The Morgan fingerprint density at radius 3 is 2.36 bits per heavy atom. The van der Waals surface area contributed by atoms with Gasteiger partial charge >= 0.3 is 5.97 Å². The molecule has 5 heteroatoms. The molecule has 0 aliphatic carbocycles. The summed E-state index contributed by atoms with van der Waals surface area (Å²) in [6, 6.07) is 17.4. The molecule has 1 N–H and O–H groups in total. The van der Waals surface area contributed by atoms with Crippen LogP contribution in [0.25, 0.3) is 0 Å². The third-order valence-electron chi connectivity index (χ3n) is 4.58. The molecule has 1 aromatic heterocycles. The van der Waals surface area contributed by atoms with E-state index in [0.29, 0.717) is 25.4 Å². The molecule has 1 heterocycles. The normalized spacial score (nSPS) is 11.8. The highest BCUT2D eigenvalue weighted by Crippen LogP contribution is 2.29. The molecule has 0 saturated heterocycles. The zero-order valence-electron chi connectivity index (χ0n) is 16.1. The lowest BCUT2D eigenvalue weighted by atomic mass is 9.97. The summed E-state index contributed by atoms with van der Waals surface area (Å²) in [6.45, 7) is 4.86. The third-order valence-corrected chi connectivity index (χ3v) is 5.56. The maximum atomic E-state index is 11.7. The molecule has 0 amide bonds. The van der Waals surface area contributed by atoms with Gasteiger partial charge in [0, 0.05) is 4.88 Å². The predicted octanol–water partition coefficient (Wildman–Crippen LogP) is 5.23. The van der Waals surface area contributed by atoms with Crippen LogP contribution in [0.3, 0.4) is 0 Å². The van der Waals surface area contributed by atoms with Crippen LogP contribution in [0.1, 0.15) is 27.5 Å². The van der Waals surface area contributed by atoms with E-state index < -0.39 is 11.9 Å². The molecule has 0 aliphatic heterocycles. The minimum atomic E-state index is -0.824. The Labute approximate surface area is 169 Å². The van der Waals surface area contributed by atoms with E-state index in [1.165, 1.54) is 11.3 Å². The Hall–Kier alpha value is -2.79. The highest BCUT2D eigenvalue weighted by atomic mass is 32.1. The molecule has 0 fully saturated rings. The van der Waals surface area contributed by atoms with Crippen molar-refractivity contribution in [3.05, 3.63) is 81.5 Å². The Morgan fingerprint density at radius 2 is 1.68 bits per heavy atom. The molecule has 1 unspecified atom stereocenters. The molecule has 0 bridgehead atoms. The second-order valence-electron chi connectivity index (χ2n) is 6.64. The summed E-state index contributed by atoms with van der Waals surface area (Å²) < 4.78 is 11.8. The Balaban J connectivity index is 1.63. The van der Waals surface area contributed by atoms with Crippen LogP contribution >= 0.6 is 11.3 Å². The summed E-state index contributed by atoms with van der Waals surface area (Å²) in [7, 11) is 0. The van der Waals surface area contributed by atoms with Gasteiger partial charge in [0.1, 0.15) is 24.7 Å². The Bertz CT molecular complexity index is 898. The van der Waals surface area contributed by atoms with Crippen LogP contribution in [0.4, 0.5) is 0 Å². The van der Waals surface area contributed by atoms with E-state index in [-0.39, 0.29) is 0 Å². The van der Waals surface area contributed by atoms with Gasteiger partial charge < -0.3 is 14.6 Å². The van der Waals surface area contributed by atoms with Crippen molar-refractivity contribution in [2.24, 2.45) is 0 Å². The number of aryl methyl sites for hydroxylation is 2. The summed E-state index contributed by atoms with van der Waals surface area (Å²) in [4.78, 5) is 12.6. The van der Waals surface area contributed by atoms with E-state index in [2.05, 4.69) is 0 Å². The van der Waals surface area contributed by atoms with E-state index in [9.17, 15) is 9.90 Å². The molecular weight excluding hydrogens is 372 g/mol. The van der Waals surface area contributed by atoms with Crippen LogP contribution in [-0.2, 0) is 11.2 Å². The van der Waals surface area contributed by atoms with Crippen molar-refractivity contribution >= 4 is 17.3 Å². The van der Waals surface area contributed by atoms with E-state index in [1.54, 1.807) is 0 Å². The summed E-state index contributed by atoms with van der Waals surface area (Å²) >= 11 is 1.46. The number of rotatable bonds is 9. The molecule has 0 saturated carbocycles. The standard InChI is InChI=1S/C23H24O4S/c1-16-7-5-8-17(2)22(16)27-13-12-26-20-10-4-3-9-18(20)15-19(23(24)25)21-11-6-14-28-21/h3-11,14,19H,12-13,15H2,1-2H3,(H,24,25). The van der Waals surface area contributed by atoms with Crippen molar-refractivity contribution in [3.63, 3.8) is 0 Å². The first-order chi connectivity index (χ1) is 13.6. The van der Waals surface area contributed by atoms with E-state index in [0.717, 1.165) is 27.3 Å². The van der Waals surface area contributed by atoms with Crippen molar-refractivity contribution in [1.29, 1.82) is 0 Å². The zero-order valence-corrected chi connectivity index (χ0v) is 16.9. The number of hydrogen-bond donors (Lipinski definition) is 1. The van der Waals surface area contributed by atoms with Crippen molar-refractivity contribution in [2.45, 2.75) is 26.2 Å². The lowest BCUT2D eigenvalue weighted by Crippen LogP contribution is -2.15. The van der Waals surface area contributed by atoms with Crippen LogP contribution in [0, 0.1) is 13.8 Å². The molecule has 3 rings (SSSR count). The van der Waals surface area contributed by atoms with E-state index >= 15 is 0 Å². The average molecular weight is 397 g/mol. The van der Waals surface area contributed by atoms with Crippen LogP contribution in [0.5, 0.6) is 11.5 Å². The number of carboxylic acids is 1. The van der Waals surface area contributed by atoms with Crippen molar-refractivity contribution in [3.8, 4) is 11.5 Å². The molecule has 28 heavy (non-hydrogen) atoms. The van der Waals surface area contributed by atoms with Gasteiger partial charge in [-0.15, -0.1) is 11.3 Å². The predicted molar refractivity (Wildman–Crippen MR) is 112 cm³/mol. The summed E-state index contributed by atoms with van der Waals surface area (Å²) in [5.41, 5.74) is 3.08. The lowest BCUT2D eigenvalue weighted by molar-refractivity contribution is -0.138. The quantitative estimate of drug-likeness (QED) is 0.503. The smallest absolute Gasteiger partial charge is 0.312 e.